The molecule has 6 nitrogen and oxygen atoms in total. The van der Waals surface area contributed by atoms with E-state index in [2.05, 4.69) is 41.6 Å². The zero-order chi connectivity index (χ0) is 19.2. The van der Waals surface area contributed by atoms with Gasteiger partial charge in [0.15, 0.2) is 5.96 Å². The Bertz CT molecular complexity index is 579. The van der Waals surface area contributed by atoms with Gasteiger partial charge in [-0.2, -0.15) is 0 Å². The van der Waals surface area contributed by atoms with Crippen molar-refractivity contribution in [1.82, 2.24) is 15.8 Å². The van der Waals surface area contributed by atoms with Crippen LogP contribution in [0.15, 0.2) is 9.52 Å². The molecule has 156 valence electrons. The van der Waals surface area contributed by atoms with Gasteiger partial charge >= 0.3 is 0 Å². The van der Waals surface area contributed by atoms with E-state index in [0.29, 0.717) is 12.1 Å². The van der Waals surface area contributed by atoms with Crippen molar-refractivity contribution in [3.05, 3.63) is 17.0 Å². The molecule has 0 spiro atoms. The summed E-state index contributed by atoms with van der Waals surface area (Å²) in [4.78, 5) is 4.41. The molecule has 0 aromatic carbocycles. The third kappa shape index (κ3) is 5.37. The number of rotatable bonds is 9. The highest BCUT2D eigenvalue weighted by atomic mass is 127. The molecule has 0 bridgehead atoms. The number of halogens is 1. The molecule has 2 unspecified atom stereocenters. The van der Waals surface area contributed by atoms with Crippen molar-refractivity contribution in [2.24, 2.45) is 10.4 Å². The van der Waals surface area contributed by atoms with Crippen molar-refractivity contribution in [3.8, 4) is 0 Å². The average Bonchev–Trinajstić information content (AvgIpc) is 2.95. The van der Waals surface area contributed by atoms with Crippen molar-refractivity contribution in [1.29, 1.82) is 0 Å². The summed E-state index contributed by atoms with van der Waals surface area (Å²) in [5.41, 5.74) is 2.44. The van der Waals surface area contributed by atoms with E-state index in [0.717, 1.165) is 62.7 Å². The molecule has 1 fully saturated rings. The summed E-state index contributed by atoms with van der Waals surface area (Å²) in [6.45, 7) is 12.2. The lowest BCUT2D eigenvalue weighted by atomic mass is 9.58. The first kappa shape index (κ1) is 24.2. The fourth-order valence-electron chi connectivity index (χ4n) is 4.27. The van der Waals surface area contributed by atoms with Gasteiger partial charge in [-0.1, -0.05) is 19.0 Å². The maximum absolute atomic E-state index is 5.97. The zero-order valence-corrected chi connectivity index (χ0v) is 20.1. The topological polar surface area (TPSA) is 71.7 Å². The molecule has 1 heterocycles. The molecule has 2 rings (SSSR count). The lowest BCUT2D eigenvalue weighted by molar-refractivity contribution is -0.133. The number of aliphatic imine (C=N–C) groups is 1. The molecule has 7 heteroatoms. The Labute approximate surface area is 181 Å². The quantitative estimate of drug-likeness (QED) is 0.236. The Morgan fingerprint density at radius 3 is 2.52 bits per heavy atom. The van der Waals surface area contributed by atoms with Gasteiger partial charge in [0.2, 0.25) is 0 Å². The van der Waals surface area contributed by atoms with Crippen LogP contribution < -0.4 is 10.6 Å². The molecule has 2 N–H and O–H groups in total. The van der Waals surface area contributed by atoms with Gasteiger partial charge in [-0.15, -0.1) is 24.0 Å². The van der Waals surface area contributed by atoms with E-state index >= 15 is 0 Å². The largest absolute Gasteiger partial charge is 0.378 e. The molecule has 1 saturated carbocycles. The molecular formula is C20H37IN4O2. The second kappa shape index (κ2) is 11.2. The van der Waals surface area contributed by atoms with Crippen LogP contribution in [0.2, 0.25) is 0 Å². The standard InChI is InChI=1S/C20H36N4O2.HI/c1-7-20(8-2)17(13-18(20)25-9-3)23-19(21-6)22-12-10-11-16-14(4)24-26-15(16)5;/h17-18H,7-13H2,1-6H3,(H2,21,22,23);1H. The van der Waals surface area contributed by atoms with Gasteiger partial charge in [0.1, 0.15) is 5.76 Å². The Kier molecular flexibility index (Phi) is 10.1. The number of nitrogens with zero attached hydrogens (tertiary/aromatic N) is 2. The molecule has 2 atom stereocenters. The van der Waals surface area contributed by atoms with Crippen LogP contribution in [-0.4, -0.2) is 43.5 Å². The number of aromatic nitrogens is 1. The first-order valence-electron chi connectivity index (χ1n) is 10.0. The van der Waals surface area contributed by atoms with Gasteiger partial charge in [0.25, 0.3) is 0 Å². The highest BCUT2D eigenvalue weighted by Crippen LogP contribution is 2.48. The zero-order valence-electron chi connectivity index (χ0n) is 17.7. The molecular weight excluding hydrogens is 455 g/mol. The lowest BCUT2D eigenvalue weighted by Crippen LogP contribution is -2.65. The van der Waals surface area contributed by atoms with E-state index < -0.39 is 0 Å². The van der Waals surface area contributed by atoms with Crippen molar-refractivity contribution >= 4 is 29.9 Å². The van der Waals surface area contributed by atoms with Gasteiger partial charge in [0.05, 0.1) is 11.8 Å². The van der Waals surface area contributed by atoms with Crippen molar-refractivity contribution in [2.75, 3.05) is 20.2 Å². The predicted octanol–water partition coefficient (Wildman–Crippen LogP) is 3.99. The van der Waals surface area contributed by atoms with Crippen LogP contribution in [0.3, 0.4) is 0 Å². The average molecular weight is 492 g/mol. The van der Waals surface area contributed by atoms with E-state index in [-0.39, 0.29) is 29.4 Å². The summed E-state index contributed by atoms with van der Waals surface area (Å²) < 4.78 is 11.2. The minimum absolute atomic E-state index is 0. The molecule has 1 aromatic heterocycles. The Morgan fingerprint density at radius 2 is 2.00 bits per heavy atom. The Balaban J connectivity index is 0.00000364. The van der Waals surface area contributed by atoms with E-state index in [1.165, 1.54) is 5.56 Å². The molecule has 0 saturated heterocycles. The minimum atomic E-state index is 0. The fourth-order valence-corrected chi connectivity index (χ4v) is 4.27. The second-order valence-electron chi connectivity index (χ2n) is 7.22. The summed E-state index contributed by atoms with van der Waals surface area (Å²) in [5.74, 6) is 1.81. The normalized spacial score (nSPS) is 21.3. The van der Waals surface area contributed by atoms with Gasteiger partial charge in [-0.25, -0.2) is 0 Å². The van der Waals surface area contributed by atoms with Crippen LogP contribution in [0, 0.1) is 19.3 Å². The van der Waals surface area contributed by atoms with E-state index in [1.807, 2.05) is 20.9 Å². The second-order valence-corrected chi connectivity index (χ2v) is 7.22. The van der Waals surface area contributed by atoms with Crippen molar-refractivity contribution in [3.63, 3.8) is 0 Å². The van der Waals surface area contributed by atoms with Gasteiger partial charge in [-0.3, -0.25) is 4.99 Å². The van der Waals surface area contributed by atoms with Crippen LogP contribution in [-0.2, 0) is 11.2 Å². The summed E-state index contributed by atoms with van der Waals surface area (Å²) in [7, 11) is 1.84. The highest BCUT2D eigenvalue weighted by molar-refractivity contribution is 14.0. The number of hydrogen-bond acceptors (Lipinski definition) is 4. The molecule has 1 aliphatic rings. The lowest BCUT2D eigenvalue weighted by Gasteiger charge is -2.55. The minimum Gasteiger partial charge on any atom is -0.378 e. The van der Waals surface area contributed by atoms with Crippen LogP contribution in [0.4, 0.5) is 0 Å². The third-order valence-corrected chi connectivity index (χ3v) is 6.08. The Hall–Kier alpha value is -0.830. The first-order valence-corrected chi connectivity index (χ1v) is 10.0. The monoisotopic (exact) mass is 492 g/mol. The number of ether oxygens (including phenoxy) is 1. The van der Waals surface area contributed by atoms with Crippen LogP contribution in [0.25, 0.3) is 0 Å². The van der Waals surface area contributed by atoms with Crippen LogP contribution >= 0.6 is 24.0 Å². The predicted molar refractivity (Wildman–Crippen MR) is 121 cm³/mol. The molecule has 0 aliphatic heterocycles. The Morgan fingerprint density at radius 1 is 1.30 bits per heavy atom. The smallest absolute Gasteiger partial charge is 0.191 e. The van der Waals surface area contributed by atoms with Crippen molar-refractivity contribution < 1.29 is 9.26 Å². The molecule has 1 aliphatic carbocycles. The number of hydrogen-bond donors (Lipinski definition) is 2. The number of aryl methyl sites for hydroxylation is 2. The van der Waals surface area contributed by atoms with Crippen LogP contribution in [0.1, 0.15) is 63.5 Å². The van der Waals surface area contributed by atoms with E-state index in [4.69, 9.17) is 9.26 Å². The van der Waals surface area contributed by atoms with Crippen LogP contribution in [0.5, 0.6) is 0 Å². The molecule has 0 radical (unpaired) electrons. The third-order valence-electron chi connectivity index (χ3n) is 6.08. The van der Waals surface area contributed by atoms with Gasteiger partial charge in [-0.05, 0) is 52.9 Å². The van der Waals surface area contributed by atoms with Gasteiger partial charge < -0.3 is 19.9 Å². The SMILES string of the molecule is CCOC1CC(NC(=NC)NCCCc2c(C)noc2C)C1(CC)CC.I. The van der Waals surface area contributed by atoms with Crippen molar-refractivity contribution in [2.45, 2.75) is 78.9 Å². The maximum Gasteiger partial charge on any atom is 0.191 e. The summed E-state index contributed by atoms with van der Waals surface area (Å²) >= 11 is 0. The molecule has 27 heavy (non-hydrogen) atoms. The summed E-state index contributed by atoms with van der Waals surface area (Å²) in [6.07, 6.45) is 5.63. The number of nitrogens with one attached hydrogen (secondary N) is 2. The number of guanidine groups is 1. The molecule has 1 aromatic rings. The fraction of sp³-hybridized carbons (Fsp3) is 0.800. The van der Waals surface area contributed by atoms with Gasteiger partial charge in [0, 0.05) is 37.2 Å². The van der Waals surface area contributed by atoms with E-state index in [9.17, 15) is 0 Å². The maximum atomic E-state index is 5.97. The highest BCUT2D eigenvalue weighted by Gasteiger charge is 2.53. The van der Waals surface area contributed by atoms with E-state index in [1.54, 1.807) is 0 Å². The summed E-state index contributed by atoms with van der Waals surface area (Å²) in [6, 6.07) is 0.419. The molecule has 0 amide bonds. The summed E-state index contributed by atoms with van der Waals surface area (Å²) in [5, 5.41) is 11.1. The first-order chi connectivity index (χ1) is 12.5.